The molecule has 0 aliphatic carbocycles. The van der Waals surface area contributed by atoms with Crippen LogP contribution in [0.15, 0.2) is 36.5 Å². The van der Waals surface area contributed by atoms with Crippen molar-refractivity contribution < 1.29 is 24.5 Å². The quantitative estimate of drug-likeness (QED) is 0.0320. The van der Waals surface area contributed by atoms with Crippen molar-refractivity contribution in [3.8, 4) is 0 Å². The Bertz CT molecular complexity index is 1250. The Morgan fingerprint density at radius 3 is 0.922 bits per heavy atom. The first-order valence-electron chi connectivity index (χ1n) is 34.8. The highest BCUT2D eigenvalue weighted by Crippen LogP contribution is 2.18. The van der Waals surface area contributed by atoms with Gasteiger partial charge in [0, 0.05) is 12.8 Å². The number of amides is 1. The predicted octanol–water partition coefficient (Wildman–Crippen LogP) is 22.3. The fourth-order valence-electron chi connectivity index (χ4n) is 10.8. The van der Waals surface area contributed by atoms with Crippen LogP contribution in [0.4, 0.5) is 0 Å². The molecule has 0 saturated carbocycles. The van der Waals surface area contributed by atoms with Crippen LogP contribution in [-0.4, -0.2) is 47.4 Å². The maximum atomic E-state index is 12.5. The van der Waals surface area contributed by atoms with Crippen LogP contribution in [0, 0.1) is 0 Å². The van der Waals surface area contributed by atoms with Gasteiger partial charge in [0.2, 0.25) is 5.91 Å². The van der Waals surface area contributed by atoms with E-state index in [1.807, 2.05) is 6.08 Å². The summed E-state index contributed by atoms with van der Waals surface area (Å²) in [7, 11) is 0. The fraction of sp³-hybridized carbons (Fsp3) is 0.887. The second-order valence-electron chi connectivity index (χ2n) is 23.9. The lowest BCUT2D eigenvalue weighted by Gasteiger charge is -2.20. The maximum Gasteiger partial charge on any atom is 0.305 e. The molecule has 77 heavy (non-hydrogen) atoms. The lowest BCUT2D eigenvalue weighted by atomic mass is 10.0. The van der Waals surface area contributed by atoms with Gasteiger partial charge >= 0.3 is 5.97 Å². The number of allylic oxidation sites excluding steroid dienone is 5. The molecule has 0 bridgehead atoms. The van der Waals surface area contributed by atoms with E-state index in [4.69, 9.17) is 4.74 Å². The van der Waals surface area contributed by atoms with Crippen LogP contribution in [0.3, 0.4) is 0 Å². The molecular weight excluding hydrogens is 947 g/mol. The highest BCUT2D eigenvalue weighted by atomic mass is 16.5. The lowest BCUT2D eigenvalue weighted by Crippen LogP contribution is -2.45. The van der Waals surface area contributed by atoms with E-state index in [1.165, 1.54) is 302 Å². The molecule has 2 atom stereocenters. The van der Waals surface area contributed by atoms with E-state index in [-0.39, 0.29) is 18.5 Å². The van der Waals surface area contributed by atoms with Gasteiger partial charge in [0.05, 0.1) is 25.4 Å². The molecule has 1 amide bonds. The summed E-state index contributed by atoms with van der Waals surface area (Å²) in [4.78, 5) is 24.6. The summed E-state index contributed by atoms with van der Waals surface area (Å²) in [5.41, 5.74) is 0. The zero-order chi connectivity index (χ0) is 55.7. The number of ether oxygens (including phenoxy) is 1. The number of aliphatic hydroxyl groups excluding tert-OH is 2. The van der Waals surface area contributed by atoms with Gasteiger partial charge in [0.25, 0.3) is 0 Å². The van der Waals surface area contributed by atoms with Gasteiger partial charge in [-0.25, -0.2) is 0 Å². The monoisotopic (exact) mass is 1080 g/mol. The van der Waals surface area contributed by atoms with Gasteiger partial charge < -0.3 is 20.3 Å². The highest BCUT2D eigenvalue weighted by Gasteiger charge is 2.18. The Kier molecular flexibility index (Phi) is 64.9. The van der Waals surface area contributed by atoms with Crippen molar-refractivity contribution in [2.24, 2.45) is 0 Å². The summed E-state index contributed by atoms with van der Waals surface area (Å²) in [6, 6.07) is -0.634. The van der Waals surface area contributed by atoms with E-state index in [2.05, 4.69) is 43.5 Å². The standard InChI is InChI=1S/C71H135NO5/c1-3-5-7-9-11-13-15-17-19-21-28-31-35-39-43-47-51-55-59-63-69(74)68(67-73)72-70(75)64-60-56-52-48-44-40-36-32-29-26-24-23-25-27-30-34-38-42-46-50-54-58-62-66-77-71(76)65-61-57-53-49-45-41-37-33-22-20-18-16-14-12-10-8-6-4-2/h20,22,26,29,59,63,68-69,73-74H,3-19,21,23-25,27-28,30-58,60-62,64-67H2,1-2H3,(H,72,75)/b22-20-,29-26-,63-59+. The van der Waals surface area contributed by atoms with Crippen molar-refractivity contribution in [2.75, 3.05) is 13.2 Å². The molecule has 0 heterocycles. The summed E-state index contributed by atoms with van der Waals surface area (Å²) >= 11 is 0. The molecule has 454 valence electrons. The molecule has 0 aromatic heterocycles. The molecule has 0 rings (SSSR count). The lowest BCUT2D eigenvalue weighted by molar-refractivity contribution is -0.143. The van der Waals surface area contributed by atoms with E-state index in [9.17, 15) is 19.8 Å². The first-order chi connectivity index (χ1) is 38.0. The Hall–Kier alpha value is -1.92. The molecule has 0 aliphatic heterocycles. The Morgan fingerprint density at radius 1 is 0.351 bits per heavy atom. The second-order valence-corrected chi connectivity index (χ2v) is 23.9. The van der Waals surface area contributed by atoms with Crippen LogP contribution in [0.5, 0.6) is 0 Å². The molecule has 0 fully saturated rings. The molecule has 0 spiro atoms. The third-order valence-electron chi connectivity index (χ3n) is 16.1. The SMILES string of the molecule is CCCCCCCCC/C=C\CCCCCCCCCC(=O)OCCCCCCCCCCCCCC/C=C\CCCCCCCCCC(=O)NC(CO)C(O)/C=C/CCCCCCCCCCCCCCCCCCC. The van der Waals surface area contributed by atoms with E-state index in [0.717, 1.165) is 51.4 Å². The average Bonchev–Trinajstić information content (AvgIpc) is 3.43. The molecule has 6 nitrogen and oxygen atoms in total. The molecule has 0 aromatic carbocycles. The number of nitrogens with one attached hydrogen (secondary N) is 1. The average molecular weight is 1080 g/mol. The van der Waals surface area contributed by atoms with Crippen molar-refractivity contribution in [3.63, 3.8) is 0 Å². The molecule has 0 aromatic rings. The van der Waals surface area contributed by atoms with Gasteiger partial charge in [-0.15, -0.1) is 0 Å². The third-order valence-corrected chi connectivity index (χ3v) is 16.1. The highest BCUT2D eigenvalue weighted by molar-refractivity contribution is 5.76. The minimum absolute atomic E-state index is 0.00857. The molecule has 6 heteroatoms. The first-order valence-corrected chi connectivity index (χ1v) is 34.8. The second kappa shape index (κ2) is 66.6. The van der Waals surface area contributed by atoms with Crippen LogP contribution in [0.1, 0.15) is 380 Å². The third kappa shape index (κ3) is 63.1. The smallest absolute Gasteiger partial charge is 0.305 e. The van der Waals surface area contributed by atoms with Crippen LogP contribution < -0.4 is 5.32 Å². The number of esters is 1. The summed E-state index contributed by atoms with van der Waals surface area (Å²) < 4.78 is 5.50. The van der Waals surface area contributed by atoms with Crippen LogP contribution in [-0.2, 0) is 14.3 Å². The number of rotatable bonds is 65. The zero-order valence-electron chi connectivity index (χ0n) is 52.0. The van der Waals surface area contributed by atoms with Gasteiger partial charge in [0.15, 0.2) is 0 Å². The van der Waals surface area contributed by atoms with Crippen molar-refractivity contribution in [1.82, 2.24) is 5.32 Å². The Labute approximate surface area is 481 Å². The van der Waals surface area contributed by atoms with E-state index >= 15 is 0 Å². The largest absolute Gasteiger partial charge is 0.466 e. The normalized spacial score (nSPS) is 12.7. The Morgan fingerprint density at radius 2 is 0.610 bits per heavy atom. The number of hydrogen-bond donors (Lipinski definition) is 3. The number of carbonyl (C=O) groups excluding carboxylic acids is 2. The summed E-state index contributed by atoms with van der Waals surface area (Å²) in [5, 5.41) is 23.2. The van der Waals surface area contributed by atoms with E-state index in [0.29, 0.717) is 19.4 Å². The van der Waals surface area contributed by atoms with Crippen molar-refractivity contribution in [2.45, 2.75) is 392 Å². The fourth-order valence-corrected chi connectivity index (χ4v) is 10.8. The van der Waals surface area contributed by atoms with Gasteiger partial charge in [-0.05, 0) is 83.5 Å². The molecule has 2 unspecified atom stereocenters. The van der Waals surface area contributed by atoms with Crippen LogP contribution in [0.2, 0.25) is 0 Å². The molecule has 0 saturated heterocycles. The maximum absolute atomic E-state index is 12.5. The number of aliphatic hydroxyl groups is 2. The first kappa shape index (κ1) is 75.1. The summed E-state index contributed by atoms with van der Waals surface area (Å²) in [6.07, 6.45) is 84.9. The van der Waals surface area contributed by atoms with E-state index in [1.54, 1.807) is 6.08 Å². The minimum atomic E-state index is -0.849. The zero-order valence-corrected chi connectivity index (χ0v) is 52.0. The van der Waals surface area contributed by atoms with E-state index < -0.39 is 12.1 Å². The Balaban J connectivity index is 3.42. The summed E-state index contributed by atoms with van der Waals surface area (Å²) in [5.74, 6) is -0.0629. The van der Waals surface area contributed by atoms with Gasteiger partial charge in [-0.1, -0.05) is 320 Å². The minimum Gasteiger partial charge on any atom is -0.466 e. The van der Waals surface area contributed by atoms with Gasteiger partial charge in [-0.3, -0.25) is 9.59 Å². The number of hydrogen-bond acceptors (Lipinski definition) is 5. The van der Waals surface area contributed by atoms with Crippen molar-refractivity contribution in [1.29, 1.82) is 0 Å². The molecule has 3 N–H and O–H groups in total. The van der Waals surface area contributed by atoms with Crippen LogP contribution in [0.25, 0.3) is 0 Å². The van der Waals surface area contributed by atoms with Crippen molar-refractivity contribution >= 4 is 11.9 Å². The number of carbonyl (C=O) groups is 2. The summed E-state index contributed by atoms with van der Waals surface area (Å²) in [6.45, 7) is 4.93. The molecule has 0 radical (unpaired) electrons. The van der Waals surface area contributed by atoms with Crippen molar-refractivity contribution in [3.05, 3.63) is 36.5 Å². The van der Waals surface area contributed by atoms with Crippen LogP contribution >= 0.6 is 0 Å². The van der Waals surface area contributed by atoms with Gasteiger partial charge in [0.1, 0.15) is 0 Å². The molecule has 0 aliphatic rings. The number of unbranched alkanes of at least 4 members (excludes halogenated alkanes) is 50. The molecular formula is C71H135NO5. The topological polar surface area (TPSA) is 95.9 Å². The predicted molar refractivity (Wildman–Crippen MR) is 338 cm³/mol. The van der Waals surface area contributed by atoms with Gasteiger partial charge in [-0.2, -0.15) is 0 Å².